The maximum absolute atomic E-state index is 14.9. The number of halogens is 2. The highest BCUT2D eigenvalue weighted by Crippen LogP contribution is 2.28. The number of carbonyl (C=O) groups is 2. The highest BCUT2D eigenvalue weighted by molar-refractivity contribution is 5.97. The van der Waals surface area contributed by atoms with Crippen molar-refractivity contribution >= 4 is 24.3 Å². The molecule has 0 spiro atoms. The van der Waals surface area contributed by atoms with E-state index < -0.39 is 30.0 Å². The first-order valence-corrected chi connectivity index (χ1v) is 13.2. The third-order valence-electron chi connectivity index (χ3n) is 5.97. The molecule has 2 atom stereocenters. The Morgan fingerprint density at radius 3 is 2.26 bits per heavy atom. The van der Waals surface area contributed by atoms with E-state index in [0.717, 1.165) is 11.6 Å². The molecule has 2 heterocycles. The highest BCUT2D eigenvalue weighted by atomic mass is 35.5. The van der Waals surface area contributed by atoms with E-state index in [4.69, 9.17) is 13.8 Å². The van der Waals surface area contributed by atoms with Gasteiger partial charge in [0.05, 0.1) is 5.56 Å². The Labute approximate surface area is 247 Å². The Balaban J connectivity index is 0.00000484. The number of aryl methyl sites for hydroxylation is 1. The molecule has 3 N–H and O–H groups in total. The molecular formula is C28H32ClFN6O6. The molecule has 12 nitrogen and oxygen atoms in total. The van der Waals surface area contributed by atoms with Crippen LogP contribution < -0.4 is 15.4 Å². The summed E-state index contributed by atoms with van der Waals surface area (Å²) in [5, 5.41) is 22.3. The largest absolute Gasteiger partial charge is 0.481 e. The second-order valence-corrected chi connectivity index (χ2v) is 9.60. The van der Waals surface area contributed by atoms with Gasteiger partial charge in [-0.1, -0.05) is 44.1 Å². The summed E-state index contributed by atoms with van der Waals surface area (Å²) in [6.45, 7) is 7.96. The maximum Gasteiger partial charge on any atom is 0.341 e. The lowest BCUT2D eigenvalue weighted by Crippen LogP contribution is -2.51. The molecule has 0 aliphatic heterocycles. The van der Waals surface area contributed by atoms with Crippen LogP contribution in [-0.2, 0) is 11.2 Å². The molecule has 2 aromatic heterocycles. The second-order valence-electron chi connectivity index (χ2n) is 9.60. The average molecular weight is 603 g/mol. The number of rotatable bonds is 13. The average Bonchev–Trinajstić information content (AvgIpc) is 3.64. The summed E-state index contributed by atoms with van der Waals surface area (Å²) in [6, 6.07) is 10.9. The summed E-state index contributed by atoms with van der Waals surface area (Å²) in [7, 11) is 0. The quantitative estimate of drug-likeness (QED) is 0.179. The summed E-state index contributed by atoms with van der Waals surface area (Å²) in [5.74, 6) is -0.966. The topological polar surface area (TPSA) is 166 Å². The van der Waals surface area contributed by atoms with E-state index in [0.29, 0.717) is 36.9 Å². The van der Waals surface area contributed by atoms with E-state index in [-0.39, 0.29) is 41.2 Å². The molecule has 2 aromatic carbocycles. The maximum atomic E-state index is 14.9. The first-order valence-electron chi connectivity index (χ1n) is 13.2. The van der Waals surface area contributed by atoms with Crippen molar-refractivity contribution in [3.8, 4) is 28.5 Å². The summed E-state index contributed by atoms with van der Waals surface area (Å²) >= 11 is 0. The molecule has 224 valence electrons. The zero-order chi connectivity index (χ0) is 29.5. The van der Waals surface area contributed by atoms with Crippen LogP contribution in [0.1, 0.15) is 62.4 Å². The van der Waals surface area contributed by atoms with Gasteiger partial charge in [-0.2, -0.15) is 9.97 Å². The Bertz CT molecular complexity index is 1490. The van der Waals surface area contributed by atoms with Crippen molar-refractivity contribution in [3.05, 3.63) is 65.6 Å². The van der Waals surface area contributed by atoms with E-state index >= 15 is 0 Å². The Morgan fingerprint density at radius 1 is 1.00 bits per heavy atom. The minimum absolute atomic E-state index is 0. The van der Waals surface area contributed by atoms with Crippen LogP contribution in [0.25, 0.3) is 22.8 Å². The van der Waals surface area contributed by atoms with E-state index in [9.17, 15) is 19.1 Å². The number of hydrogen-bond donors (Lipinski definition) is 3. The van der Waals surface area contributed by atoms with Crippen molar-refractivity contribution in [3.63, 3.8) is 0 Å². The zero-order valence-electron chi connectivity index (χ0n) is 23.5. The van der Waals surface area contributed by atoms with Crippen molar-refractivity contribution < 1.29 is 32.9 Å². The number of amides is 1. The number of aliphatic carboxylic acids is 1. The van der Waals surface area contributed by atoms with Crippen molar-refractivity contribution in [2.75, 3.05) is 6.54 Å². The third kappa shape index (κ3) is 7.89. The number of ether oxygens (including phenoxy) is 1. The van der Waals surface area contributed by atoms with Gasteiger partial charge in [-0.3, -0.25) is 10.1 Å². The summed E-state index contributed by atoms with van der Waals surface area (Å²) in [5.41, 5.74) is 0.728. The van der Waals surface area contributed by atoms with Crippen molar-refractivity contribution in [2.45, 2.75) is 52.8 Å². The molecule has 0 aliphatic rings. The molecule has 4 rings (SSSR count). The predicted octanol–water partition coefficient (Wildman–Crippen LogP) is 4.83. The Hall–Kier alpha value is -4.36. The fourth-order valence-corrected chi connectivity index (χ4v) is 3.75. The van der Waals surface area contributed by atoms with E-state index in [1.165, 1.54) is 12.1 Å². The van der Waals surface area contributed by atoms with Crippen molar-refractivity contribution in [1.29, 1.82) is 0 Å². The Morgan fingerprint density at radius 2 is 1.67 bits per heavy atom. The third-order valence-corrected chi connectivity index (χ3v) is 5.97. The fraction of sp³-hybridized carbons (Fsp3) is 0.357. The number of benzene rings is 2. The molecule has 42 heavy (non-hydrogen) atoms. The molecule has 0 radical (unpaired) electrons. The fourth-order valence-electron chi connectivity index (χ4n) is 3.75. The van der Waals surface area contributed by atoms with Gasteiger partial charge in [0.2, 0.25) is 17.5 Å². The lowest BCUT2D eigenvalue weighted by molar-refractivity contribution is -0.140. The van der Waals surface area contributed by atoms with Gasteiger partial charge in [0.1, 0.15) is 11.6 Å². The number of hydrogen-bond acceptors (Lipinski definition) is 10. The first-order chi connectivity index (χ1) is 19.7. The normalized spacial score (nSPS) is 12.4. The first kappa shape index (κ1) is 32.2. The number of carboxylic acid groups (broad SMARTS) is 1. The van der Waals surface area contributed by atoms with Crippen LogP contribution in [0.2, 0.25) is 0 Å². The van der Waals surface area contributed by atoms with E-state index in [1.807, 2.05) is 39.8 Å². The Kier molecular flexibility index (Phi) is 11.1. The van der Waals surface area contributed by atoms with Crippen LogP contribution in [0.4, 0.5) is 4.39 Å². The minimum atomic E-state index is -1.36. The van der Waals surface area contributed by atoms with Gasteiger partial charge in [-0.15, -0.1) is 12.4 Å². The van der Waals surface area contributed by atoms with Crippen LogP contribution in [0.3, 0.4) is 0 Å². The van der Waals surface area contributed by atoms with Crippen molar-refractivity contribution in [2.24, 2.45) is 5.92 Å². The molecule has 0 bridgehead atoms. The standard InChI is InChI=1S/C28H31FN6O6.ClH/c1-5-21(39-18-10-7-16(8-11-18)23-31-22(6-2)40-34-23)27-33-24(35-41-27)17-9-12-19(20(29)13-17)26(36)32-25(28(37)38)30-14-15(3)4;/h7-13,15,21,25,30H,5-6,14H2,1-4H3,(H,32,36)(H,37,38);1H. The molecule has 14 heteroatoms. The minimum Gasteiger partial charge on any atom is -0.481 e. The van der Waals surface area contributed by atoms with Gasteiger partial charge in [-0.05, 0) is 55.3 Å². The zero-order valence-corrected chi connectivity index (χ0v) is 24.3. The number of carbonyl (C=O) groups excluding carboxylic acids is 1. The molecule has 1 amide bonds. The smallest absolute Gasteiger partial charge is 0.341 e. The van der Waals surface area contributed by atoms with E-state index in [1.54, 1.807) is 12.1 Å². The van der Waals surface area contributed by atoms with Crippen LogP contribution in [-0.4, -0.2) is 50.0 Å². The molecule has 4 aromatic rings. The van der Waals surface area contributed by atoms with Crippen LogP contribution >= 0.6 is 12.4 Å². The summed E-state index contributed by atoms with van der Waals surface area (Å²) in [4.78, 5) is 32.7. The SMILES string of the molecule is CCc1nc(-c2ccc(OC(CC)c3nc(-c4ccc(C(=O)NC(NCC(C)C)C(=O)O)c(F)c4)no3)cc2)no1.Cl. The van der Waals surface area contributed by atoms with Crippen LogP contribution in [0.5, 0.6) is 5.75 Å². The summed E-state index contributed by atoms with van der Waals surface area (Å²) < 4.78 is 31.5. The monoisotopic (exact) mass is 602 g/mol. The molecule has 0 fully saturated rings. The molecule has 0 aliphatic carbocycles. The second kappa shape index (κ2) is 14.5. The van der Waals surface area contributed by atoms with Gasteiger partial charge < -0.3 is 24.2 Å². The number of carboxylic acids is 1. The lowest BCUT2D eigenvalue weighted by Gasteiger charge is -2.17. The summed E-state index contributed by atoms with van der Waals surface area (Å²) in [6.07, 6.45) is -0.773. The number of nitrogens with one attached hydrogen (secondary N) is 2. The van der Waals surface area contributed by atoms with Crippen molar-refractivity contribution in [1.82, 2.24) is 30.9 Å². The molecule has 0 saturated carbocycles. The van der Waals surface area contributed by atoms with E-state index in [2.05, 4.69) is 30.9 Å². The number of aromatic nitrogens is 4. The van der Waals surface area contributed by atoms with Gasteiger partial charge >= 0.3 is 5.97 Å². The highest BCUT2D eigenvalue weighted by Gasteiger charge is 2.24. The van der Waals surface area contributed by atoms with Gasteiger partial charge in [-0.25, -0.2) is 9.18 Å². The van der Waals surface area contributed by atoms with Crippen LogP contribution in [0, 0.1) is 11.7 Å². The van der Waals surface area contributed by atoms with Gasteiger partial charge in [0, 0.05) is 17.5 Å². The van der Waals surface area contributed by atoms with Crippen LogP contribution in [0.15, 0.2) is 51.5 Å². The van der Waals surface area contributed by atoms with Gasteiger partial charge in [0.25, 0.3) is 11.8 Å². The number of nitrogens with zero attached hydrogens (tertiary/aromatic N) is 4. The van der Waals surface area contributed by atoms with Gasteiger partial charge in [0.15, 0.2) is 12.3 Å². The molecular weight excluding hydrogens is 571 g/mol. The predicted molar refractivity (Wildman–Crippen MR) is 151 cm³/mol. The molecule has 2 unspecified atom stereocenters. The molecule has 0 saturated heterocycles. The lowest BCUT2D eigenvalue weighted by atomic mass is 10.1.